The molecule has 0 amide bonds. The van der Waals surface area contributed by atoms with Crippen molar-refractivity contribution in [1.82, 2.24) is 14.7 Å². The SMILES string of the molecule is C1N2CN3CN1C[PH+](C2)C3.Cc1[c-]c(C=S)ccc1.[Au+]. The average molecular weight is 490 g/mol. The van der Waals surface area contributed by atoms with Gasteiger partial charge in [0.2, 0.25) is 0 Å². The van der Waals surface area contributed by atoms with Crippen LogP contribution in [0.2, 0.25) is 0 Å². The molecule has 0 aromatic heterocycles. The van der Waals surface area contributed by atoms with Crippen LogP contribution in [0, 0.1) is 13.0 Å². The number of hydrogen-bond acceptors (Lipinski definition) is 4. The summed E-state index contributed by atoms with van der Waals surface area (Å²) in [5, 5.41) is 1.63. The van der Waals surface area contributed by atoms with Crippen molar-refractivity contribution in [1.29, 1.82) is 0 Å². The van der Waals surface area contributed by atoms with E-state index in [1.54, 1.807) is 5.37 Å². The van der Waals surface area contributed by atoms with Gasteiger partial charge in [-0.25, -0.2) is 14.7 Å². The van der Waals surface area contributed by atoms with Crippen LogP contribution in [0.15, 0.2) is 18.2 Å². The van der Waals surface area contributed by atoms with Crippen molar-refractivity contribution in [3.8, 4) is 0 Å². The first-order valence-electron chi connectivity index (χ1n) is 6.68. The molecule has 112 valence electrons. The molecule has 3 nitrogen and oxygen atoms in total. The van der Waals surface area contributed by atoms with Crippen LogP contribution in [0.5, 0.6) is 0 Å². The maximum absolute atomic E-state index is 4.72. The van der Waals surface area contributed by atoms with Crippen LogP contribution in [0.4, 0.5) is 0 Å². The molecule has 6 heteroatoms. The molecule has 4 fully saturated rings. The minimum atomic E-state index is 0. The smallest absolute Gasteiger partial charge is 0.245 e. The van der Waals surface area contributed by atoms with Gasteiger partial charge < -0.3 is 0 Å². The van der Waals surface area contributed by atoms with Gasteiger partial charge in [0.15, 0.2) is 0 Å². The maximum atomic E-state index is 4.72. The first-order valence-corrected chi connectivity index (χ1v) is 9.27. The Morgan fingerprint density at radius 1 is 1.10 bits per heavy atom. The van der Waals surface area contributed by atoms with Crippen molar-refractivity contribution in [2.24, 2.45) is 0 Å². The predicted molar refractivity (Wildman–Crippen MR) is 85.8 cm³/mol. The first kappa shape index (κ1) is 16.7. The molecule has 4 saturated heterocycles. The fourth-order valence-electron chi connectivity index (χ4n) is 3.06. The molecule has 1 aromatic rings. The molecule has 0 N–H and O–H groups in total. The zero-order chi connectivity index (χ0) is 13.2. The Labute approximate surface area is 143 Å². The normalized spacial score (nSPS) is 32.9. The van der Waals surface area contributed by atoms with Crippen LogP contribution < -0.4 is 0 Å². The van der Waals surface area contributed by atoms with E-state index in [4.69, 9.17) is 12.2 Å². The van der Waals surface area contributed by atoms with Crippen LogP contribution in [0.3, 0.4) is 0 Å². The van der Waals surface area contributed by atoms with Crippen molar-refractivity contribution in [3.05, 3.63) is 35.4 Å². The van der Waals surface area contributed by atoms with E-state index in [0.717, 1.165) is 11.1 Å². The van der Waals surface area contributed by atoms with E-state index in [9.17, 15) is 0 Å². The third kappa shape index (κ3) is 4.19. The molecule has 4 aliphatic heterocycles. The molecule has 0 unspecified atom stereocenters. The third-order valence-electron chi connectivity index (χ3n) is 3.63. The van der Waals surface area contributed by atoms with E-state index < -0.39 is 0 Å². The zero-order valence-corrected chi connectivity index (χ0v) is 15.6. The van der Waals surface area contributed by atoms with Crippen molar-refractivity contribution in [2.45, 2.75) is 6.92 Å². The first-order chi connectivity index (χ1) is 9.22. The van der Waals surface area contributed by atoms with Gasteiger partial charge in [0.05, 0.1) is 20.0 Å². The number of hydrogen-bond donors (Lipinski definition) is 0. The van der Waals surface area contributed by atoms with E-state index in [-0.39, 0.29) is 30.3 Å². The van der Waals surface area contributed by atoms with Crippen molar-refractivity contribution < 1.29 is 22.4 Å². The van der Waals surface area contributed by atoms with Gasteiger partial charge in [0, 0.05) is 7.92 Å². The molecule has 4 aliphatic rings. The van der Waals surface area contributed by atoms with Crippen molar-refractivity contribution in [2.75, 3.05) is 38.9 Å². The fraction of sp³-hybridized carbons (Fsp3) is 0.500. The Morgan fingerprint density at radius 2 is 1.65 bits per heavy atom. The molecular weight excluding hydrogens is 470 g/mol. The van der Waals surface area contributed by atoms with E-state index >= 15 is 0 Å². The second-order valence-electron chi connectivity index (χ2n) is 5.57. The standard InChI is InChI=1S/C8H7S.C6H12N3P.Au/c1-7-3-2-4-8(5-7)6-9;1-7-2-9-3-8(1)5-10(4-7)6-9;/h2-4,6H,1H3;1-6H2;/q-1;;+1/p+1. The molecule has 20 heavy (non-hydrogen) atoms. The molecule has 5 rings (SSSR count). The number of thiocarbonyl (C=S) groups is 1. The van der Waals surface area contributed by atoms with Crippen LogP contribution in [0.25, 0.3) is 0 Å². The molecule has 4 heterocycles. The predicted octanol–water partition coefficient (Wildman–Crippen LogP) is 2.03. The molecule has 0 aliphatic carbocycles. The van der Waals surface area contributed by atoms with Crippen molar-refractivity contribution in [3.63, 3.8) is 0 Å². The molecule has 1 aromatic carbocycles. The van der Waals surface area contributed by atoms with Crippen LogP contribution in [-0.2, 0) is 22.4 Å². The Morgan fingerprint density at radius 3 is 2.00 bits per heavy atom. The summed E-state index contributed by atoms with van der Waals surface area (Å²) in [6.07, 6.45) is 4.37. The number of aryl methyl sites for hydroxylation is 1. The zero-order valence-electron chi connectivity index (χ0n) is 11.6. The number of rotatable bonds is 1. The monoisotopic (exact) mass is 490 g/mol. The van der Waals surface area contributed by atoms with Gasteiger partial charge in [-0.2, -0.15) is 12.2 Å². The summed E-state index contributed by atoms with van der Waals surface area (Å²) in [6.45, 7) is 5.77. The Bertz CT molecular complexity index is 415. The van der Waals surface area contributed by atoms with E-state index in [0.29, 0.717) is 0 Å². The molecule has 4 bridgehead atoms. The van der Waals surface area contributed by atoms with Gasteiger partial charge in [-0.05, 0) is 0 Å². The number of benzene rings is 1. The van der Waals surface area contributed by atoms with E-state index in [1.807, 2.05) is 25.1 Å². The summed E-state index contributed by atoms with van der Waals surface area (Å²) in [5.41, 5.74) is 2.12. The second kappa shape index (κ2) is 7.57. The third-order valence-corrected chi connectivity index (χ3v) is 6.57. The molecule has 0 saturated carbocycles. The Balaban J connectivity index is 0.000000141. The largest absolute Gasteiger partial charge is 1.00 e. The summed E-state index contributed by atoms with van der Waals surface area (Å²) in [4.78, 5) is 7.76. The molecule has 0 radical (unpaired) electrons. The Kier molecular flexibility index (Phi) is 6.33. The van der Waals surface area contributed by atoms with Gasteiger partial charge >= 0.3 is 22.4 Å². The minimum absolute atomic E-state index is 0. The van der Waals surface area contributed by atoms with Crippen molar-refractivity contribution >= 4 is 25.5 Å². The number of nitrogens with zero attached hydrogens (tertiary/aromatic N) is 3. The summed E-state index contributed by atoms with van der Waals surface area (Å²) in [5.74, 6) is 0. The van der Waals surface area contributed by atoms with Gasteiger partial charge in [0.25, 0.3) is 0 Å². The van der Waals surface area contributed by atoms with Gasteiger partial charge in [-0.1, -0.05) is 12.3 Å². The second-order valence-corrected chi connectivity index (χ2v) is 8.25. The average Bonchev–Trinajstić information content (AvgIpc) is 2.38. The summed E-state index contributed by atoms with van der Waals surface area (Å²) >= 11 is 4.72. The van der Waals surface area contributed by atoms with Crippen LogP contribution >= 0.6 is 20.1 Å². The van der Waals surface area contributed by atoms with Gasteiger partial charge in [-0.3, -0.25) is 0 Å². The van der Waals surface area contributed by atoms with Crippen LogP contribution in [0.1, 0.15) is 11.1 Å². The van der Waals surface area contributed by atoms with E-state index in [2.05, 4.69) is 20.8 Å². The minimum Gasteiger partial charge on any atom is -0.245 e. The molecule has 0 atom stereocenters. The fourth-order valence-corrected chi connectivity index (χ4v) is 5.99. The van der Waals surface area contributed by atoms with Crippen LogP contribution in [-0.4, -0.2) is 58.9 Å². The summed E-state index contributed by atoms with van der Waals surface area (Å²) < 4.78 is 0. The summed E-state index contributed by atoms with van der Waals surface area (Å²) in [6, 6.07) is 9.02. The topological polar surface area (TPSA) is 9.72 Å². The maximum Gasteiger partial charge on any atom is 1.00 e. The molecule has 0 spiro atoms. The Hall–Kier alpha value is 0.360. The summed E-state index contributed by atoms with van der Waals surface area (Å²) in [7, 11) is 0.0297. The van der Waals surface area contributed by atoms with Gasteiger partial charge in [-0.15, -0.1) is 35.4 Å². The van der Waals surface area contributed by atoms with E-state index in [1.165, 1.54) is 38.9 Å². The van der Waals surface area contributed by atoms with Gasteiger partial charge in [0.1, 0.15) is 18.9 Å². The quantitative estimate of drug-likeness (QED) is 0.258. The molecular formula is C14H20AuN3PS+.